The largest absolute Gasteiger partial charge is 0.481 e. The van der Waals surface area contributed by atoms with Crippen molar-refractivity contribution < 1.29 is 23.1 Å². The molecule has 0 radical (unpaired) electrons. The Bertz CT molecular complexity index is 490. The van der Waals surface area contributed by atoms with E-state index in [1.165, 1.54) is 0 Å². The van der Waals surface area contributed by atoms with Gasteiger partial charge >= 0.3 is 12.0 Å². The van der Waals surface area contributed by atoms with Crippen LogP contribution in [0.15, 0.2) is 0 Å². The fourth-order valence-corrected chi connectivity index (χ4v) is 4.71. The number of hydrogen-bond acceptors (Lipinski definition) is 4. The molecule has 1 aliphatic carbocycles. The minimum Gasteiger partial charge on any atom is -0.481 e. The molecule has 7 nitrogen and oxygen atoms in total. The fraction of sp³-hybridized carbons (Fsp3) is 0.833. The van der Waals surface area contributed by atoms with Gasteiger partial charge in [-0.3, -0.25) is 4.79 Å². The Balaban J connectivity index is 1.80. The first-order valence-electron chi connectivity index (χ1n) is 6.89. The smallest absolute Gasteiger partial charge is 0.315 e. The third-order valence-electron chi connectivity index (χ3n) is 4.10. The van der Waals surface area contributed by atoms with Gasteiger partial charge in [-0.2, -0.15) is 0 Å². The normalized spacial score (nSPS) is 31.9. The molecule has 2 rings (SSSR count). The van der Waals surface area contributed by atoms with Crippen molar-refractivity contribution in [3.8, 4) is 0 Å². The van der Waals surface area contributed by atoms with E-state index in [2.05, 4.69) is 10.6 Å². The predicted molar refractivity (Wildman–Crippen MR) is 72.1 cm³/mol. The molecule has 1 saturated heterocycles. The van der Waals surface area contributed by atoms with Gasteiger partial charge in [0.2, 0.25) is 0 Å². The standard InChI is InChI=1S/C12H20N2O5S/c15-11(16)9-4-1-5-10(9)14-12(17)13-7-8-3-2-6-20(8,18)19/h8-10H,1-7H2,(H,15,16)(H2,13,14,17). The average Bonchev–Trinajstić information content (AvgIpc) is 2.93. The zero-order valence-electron chi connectivity index (χ0n) is 11.2. The summed E-state index contributed by atoms with van der Waals surface area (Å²) in [5, 5.41) is 13.7. The molecule has 2 aliphatic rings. The van der Waals surface area contributed by atoms with Crippen molar-refractivity contribution >= 4 is 21.8 Å². The summed E-state index contributed by atoms with van der Waals surface area (Å²) >= 11 is 0. The number of nitrogens with one attached hydrogen (secondary N) is 2. The van der Waals surface area contributed by atoms with E-state index < -0.39 is 33.0 Å². The number of hydrogen-bond donors (Lipinski definition) is 3. The van der Waals surface area contributed by atoms with Crippen molar-refractivity contribution in [2.45, 2.75) is 43.4 Å². The Morgan fingerprint density at radius 1 is 1.15 bits per heavy atom. The van der Waals surface area contributed by atoms with Crippen LogP contribution in [0.4, 0.5) is 4.79 Å². The minimum atomic E-state index is -3.07. The summed E-state index contributed by atoms with van der Waals surface area (Å²) in [7, 11) is -3.07. The molecular weight excluding hydrogens is 284 g/mol. The number of rotatable bonds is 4. The molecule has 114 valence electrons. The zero-order valence-corrected chi connectivity index (χ0v) is 12.0. The molecule has 8 heteroatoms. The van der Waals surface area contributed by atoms with E-state index in [0.29, 0.717) is 25.7 Å². The molecular formula is C12H20N2O5S. The minimum absolute atomic E-state index is 0.0959. The Morgan fingerprint density at radius 2 is 1.90 bits per heavy atom. The summed E-state index contributed by atoms with van der Waals surface area (Å²) in [4.78, 5) is 22.7. The van der Waals surface area contributed by atoms with Crippen molar-refractivity contribution in [1.29, 1.82) is 0 Å². The lowest BCUT2D eigenvalue weighted by Gasteiger charge is -2.18. The maximum Gasteiger partial charge on any atom is 0.315 e. The summed E-state index contributed by atoms with van der Waals surface area (Å²) in [6.45, 7) is 0.0959. The molecule has 0 bridgehead atoms. The van der Waals surface area contributed by atoms with Crippen molar-refractivity contribution in [1.82, 2.24) is 10.6 Å². The molecule has 3 N–H and O–H groups in total. The topological polar surface area (TPSA) is 113 Å². The van der Waals surface area contributed by atoms with Crippen molar-refractivity contribution in [2.75, 3.05) is 12.3 Å². The lowest BCUT2D eigenvalue weighted by Crippen LogP contribution is -2.47. The average molecular weight is 304 g/mol. The first-order chi connectivity index (χ1) is 9.40. The number of amides is 2. The van der Waals surface area contributed by atoms with Crippen LogP contribution < -0.4 is 10.6 Å². The number of carboxylic acid groups (broad SMARTS) is 1. The first-order valence-corrected chi connectivity index (χ1v) is 8.60. The van der Waals surface area contributed by atoms with Crippen LogP contribution >= 0.6 is 0 Å². The molecule has 1 saturated carbocycles. The second-order valence-corrected chi connectivity index (χ2v) is 7.87. The highest BCUT2D eigenvalue weighted by Gasteiger charge is 2.35. The van der Waals surface area contributed by atoms with Gasteiger partial charge in [0.1, 0.15) is 0 Å². The predicted octanol–water partition coefficient (Wildman–Crippen LogP) is 0.116. The van der Waals surface area contributed by atoms with Gasteiger partial charge in [-0.25, -0.2) is 13.2 Å². The summed E-state index contributed by atoms with van der Waals surface area (Å²) < 4.78 is 23.2. The van der Waals surface area contributed by atoms with E-state index in [-0.39, 0.29) is 18.3 Å². The van der Waals surface area contributed by atoms with Crippen LogP contribution in [-0.4, -0.2) is 49.1 Å². The molecule has 1 aliphatic heterocycles. The van der Waals surface area contributed by atoms with Gasteiger partial charge in [-0.1, -0.05) is 6.42 Å². The highest BCUT2D eigenvalue weighted by molar-refractivity contribution is 7.92. The molecule has 0 aromatic heterocycles. The second kappa shape index (κ2) is 5.99. The molecule has 0 spiro atoms. The van der Waals surface area contributed by atoms with Crippen LogP contribution in [0, 0.1) is 5.92 Å². The fourth-order valence-electron chi connectivity index (χ4n) is 2.94. The Labute approximate surface area is 118 Å². The SMILES string of the molecule is O=C(NCC1CCCS1(=O)=O)NC1CCCC1C(=O)O. The molecule has 3 unspecified atom stereocenters. The number of urea groups is 1. The van der Waals surface area contributed by atoms with Gasteiger partial charge in [-0.15, -0.1) is 0 Å². The lowest BCUT2D eigenvalue weighted by molar-refractivity contribution is -0.142. The molecule has 3 atom stereocenters. The van der Waals surface area contributed by atoms with Crippen LogP contribution in [0.3, 0.4) is 0 Å². The van der Waals surface area contributed by atoms with Gasteiger partial charge in [-0.05, 0) is 25.7 Å². The third kappa shape index (κ3) is 3.41. The summed E-state index contributed by atoms with van der Waals surface area (Å²) in [5.74, 6) is -1.26. The van der Waals surface area contributed by atoms with E-state index >= 15 is 0 Å². The van der Waals surface area contributed by atoms with Crippen LogP contribution in [0.5, 0.6) is 0 Å². The van der Waals surface area contributed by atoms with E-state index in [0.717, 1.165) is 6.42 Å². The van der Waals surface area contributed by atoms with Crippen LogP contribution in [0.25, 0.3) is 0 Å². The van der Waals surface area contributed by atoms with Crippen LogP contribution in [0.1, 0.15) is 32.1 Å². The Hall–Kier alpha value is -1.31. The van der Waals surface area contributed by atoms with Gasteiger partial charge in [0, 0.05) is 12.6 Å². The van der Waals surface area contributed by atoms with Gasteiger partial charge in [0.05, 0.1) is 16.9 Å². The number of carbonyl (C=O) groups excluding carboxylic acids is 1. The van der Waals surface area contributed by atoms with Crippen molar-refractivity contribution in [3.63, 3.8) is 0 Å². The number of aliphatic carboxylic acids is 1. The highest BCUT2D eigenvalue weighted by Crippen LogP contribution is 2.25. The summed E-state index contributed by atoms with van der Waals surface area (Å²) in [6.07, 6.45) is 3.20. The maximum absolute atomic E-state index is 11.7. The van der Waals surface area contributed by atoms with Crippen molar-refractivity contribution in [3.05, 3.63) is 0 Å². The maximum atomic E-state index is 11.7. The van der Waals surface area contributed by atoms with E-state index in [1.807, 2.05) is 0 Å². The molecule has 2 amide bonds. The number of carboxylic acids is 1. The quantitative estimate of drug-likeness (QED) is 0.682. The number of sulfone groups is 1. The van der Waals surface area contributed by atoms with E-state index in [9.17, 15) is 18.0 Å². The third-order valence-corrected chi connectivity index (χ3v) is 6.38. The monoisotopic (exact) mass is 304 g/mol. The molecule has 20 heavy (non-hydrogen) atoms. The molecule has 1 heterocycles. The van der Waals surface area contributed by atoms with E-state index in [4.69, 9.17) is 5.11 Å². The number of carbonyl (C=O) groups is 2. The molecule has 0 aromatic rings. The van der Waals surface area contributed by atoms with Gasteiger partial charge < -0.3 is 15.7 Å². The summed E-state index contributed by atoms with van der Waals surface area (Å²) in [6, 6.07) is -0.849. The summed E-state index contributed by atoms with van der Waals surface area (Å²) in [5.41, 5.74) is 0. The first kappa shape index (κ1) is 15.1. The Kier molecular flexibility index (Phi) is 4.52. The molecule has 0 aromatic carbocycles. The highest BCUT2D eigenvalue weighted by atomic mass is 32.2. The zero-order chi connectivity index (χ0) is 14.8. The van der Waals surface area contributed by atoms with Crippen LogP contribution in [-0.2, 0) is 14.6 Å². The van der Waals surface area contributed by atoms with Gasteiger partial charge in [0.15, 0.2) is 9.84 Å². The Morgan fingerprint density at radius 3 is 2.50 bits per heavy atom. The molecule has 2 fully saturated rings. The van der Waals surface area contributed by atoms with E-state index in [1.54, 1.807) is 0 Å². The lowest BCUT2D eigenvalue weighted by atomic mass is 10.0. The van der Waals surface area contributed by atoms with Crippen molar-refractivity contribution in [2.24, 2.45) is 5.92 Å². The van der Waals surface area contributed by atoms with Gasteiger partial charge in [0.25, 0.3) is 0 Å². The second-order valence-electron chi connectivity index (χ2n) is 5.47. The van der Waals surface area contributed by atoms with Crippen LogP contribution in [0.2, 0.25) is 0 Å².